The van der Waals surface area contributed by atoms with Gasteiger partial charge in [0.15, 0.2) is 17.2 Å². The second kappa shape index (κ2) is 10.8. The SMILES string of the molecule is CSc1nc2c3c(nc(-c4c(C(C)C)c(Cl)cc5c4cnn5C4CCCCO4)c(F)c3n1)OC[C@@H]1COCCCN21. The van der Waals surface area contributed by atoms with Crippen LogP contribution in [0.2, 0.25) is 5.02 Å². The number of thioether (sulfide) groups is 1. The summed E-state index contributed by atoms with van der Waals surface area (Å²) < 4.78 is 37.0. The van der Waals surface area contributed by atoms with Crippen LogP contribution < -0.4 is 9.64 Å². The molecule has 0 saturated carbocycles. The van der Waals surface area contributed by atoms with Gasteiger partial charge >= 0.3 is 0 Å². The summed E-state index contributed by atoms with van der Waals surface area (Å²) in [5.41, 5.74) is 2.54. The van der Waals surface area contributed by atoms with Gasteiger partial charge < -0.3 is 19.1 Å². The van der Waals surface area contributed by atoms with Crippen LogP contribution in [-0.2, 0) is 9.47 Å². The van der Waals surface area contributed by atoms with E-state index in [4.69, 9.17) is 40.9 Å². The van der Waals surface area contributed by atoms with Crippen LogP contribution in [0.3, 0.4) is 0 Å². The lowest BCUT2D eigenvalue weighted by Crippen LogP contribution is -2.41. The van der Waals surface area contributed by atoms with Crippen molar-refractivity contribution in [3.8, 4) is 17.1 Å². The highest BCUT2D eigenvalue weighted by Gasteiger charge is 2.34. The summed E-state index contributed by atoms with van der Waals surface area (Å²) in [7, 11) is 0. The molecule has 41 heavy (non-hydrogen) atoms. The molecule has 7 rings (SSSR count). The first kappa shape index (κ1) is 27.1. The monoisotopic (exact) mass is 598 g/mol. The van der Waals surface area contributed by atoms with E-state index in [0.29, 0.717) is 59.3 Å². The standard InChI is InChI=1S/C29H32ClFN6O3S/c1-15(2)21-18(30)11-19-17(12-32-37(19)20-7-4-5-10-39-20)22(21)25-24(31)26-23-27(35-29(34-26)41-3)36-8-6-9-38-13-16(36)14-40-28(23)33-25/h11-12,15-16,20H,4-10,13-14H2,1-3H3/t16-,20?/m0/s1. The van der Waals surface area contributed by atoms with E-state index >= 15 is 4.39 Å². The van der Waals surface area contributed by atoms with Gasteiger partial charge in [-0.2, -0.15) is 5.10 Å². The zero-order valence-electron chi connectivity index (χ0n) is 23.3. The summed E-state index contributed by atoms with van der Waals surface area (Å²) in [5.74, 6) is 0.425. The number of hydrogen-bond donors (Lipinski definition) is 0. The summed E-state index contributed by atoms with van der Waals surface area (Å²) in [4.78, 5) is 16.5. The smallest absolute Gasteiger partial charge is 0.227 e. The fraction of sp³-hybridized carbons (Fsp3) is 0.517. The minimum absolute atomic E-state index is 0.00859. The van der Waals surface area contributed by atoms with Crippen molar-refractivity contribution in [2.24, 2.45) is 0 Å². The van der Waals surface area contributed by atoms with Crippen molar-refractivity contribution in [2.75, 3.05) is 44.1 Å². The van der Waals surface area contributed by atoms with Gasteiger partial charge in [0.1, 0.15) is 29.0 Å². The second-order valence-electron chi connectivity index (χ2n) is 11.1. The molecule has 0 spiro atoms. The molecule has 3 aliphatic rings. The van der Waals surface area contributed by atoms with Crippen LogP contribution in [-0.4, -0.2) is 70.0 Å². The molecule has 0 bridgehead atoms. The third kappa shape index (κ3) is 4.52. The third-order valence-electron chi connectivity index (χ3n) is 8.15. The summed E-state index contributed by atoms with van der Waals surface area (Å²) in [6.07, 6.45) is 7.25. The molecule has 2 atom stereocenters. The first-order chi connectivity index (χ1) is 20.0. The maximum absolute atomic E-state index is 16.9. The quantitative estimate of drug-likeness (QED) is 0.196. The number of aromatic nitrogens is 5. The lowest BCUT2D eigenvalue weighted by molar-refractivity contribution is -0.0366. The van der Waals surface area contributed by atoms with E-state index in [1.807, 2.05) is 30.9 Å². The normalized spacial score (nSPS) is 21.2. The Morgan fingerprint density at radius 1 is 1.12 bits per heavy atom. The van der Waals surface area contributed by atoms with Gasteiger partial charge in [-0.1, -0.05) is 37.2 Å². The predicted octanol–water partition coefficient (Wildman–Crippen LogP) is 6.37. The van der Waals surface area contributed by atoms with Crippen molar-refractivity contribution in [2.45, 2.75) is 62.9 Å². The number of pyridine rings is 1. The van der Waals surface area contributed by atoms with Crippen molar-refractivity contribution in [1.82, 2.24) is 24.7 Å². The topological polar surface area (TPSA) is 87.4 Å². The van der Waals surface area contributed by atoms with Gasteiger partial charge in [-0.05, 0) is 49.5 Å². The number of hydrogen-bond acceptors (Lipinski definition) is 9. The Bertz CT molecular complexity index is 1640. The van der Waals surface area contributed by atoms with Gasteiger partial charge in [0.25, 0.3) is 0 Å². The number of halogens is 2. The van der Waals surface area contributed by atoms with Gasteiger partial charge in [-0.15, -0.1) is 0 Å². The Morgan fingerprint density at radius 3 is 2.78 bits per heavy atom. The van der Waals surface area contributed by atoms with Gasteiger partial charge in [0.05, 0.1) is 24.4 Å². The average molecular weight is 599 g/mol. The molecular formula is C29H32ClFN6O3S. The van der Waals surface area contributed by atoms with E-state index in [1.54, 1.807) is 6.20 Å². The molecule has 4 aromatic rings. The molecular weight excluding hydrogens is 567 g/mol. The zero-order chi connectivity index (χ0) is 28.2. The van der Waals surface area contributed by atoms with Gasteiger partial charge in [-0.25, -0.2) is 24.0 Å². The number of nitrogens with zero attached hydrogens (tertiary/aromatic N) is 6. The number of fused-ring (bicyclic) bond motifs is 3. The molecule has 0 radical (unpaired) electrons. The van der Waals surface area contributed by atoms with Gasteiger partial charge in [0.2, 0.25) is 5.88 Å². The van der Waals surface area contributed by atoms with Crippen LogP contribution in [0.25, 0.3) is 33.1 Å². The lowest BCUT2D eigenvalue weighted by Gasteiger charge is -2.28. The van der Waals surface area contributed by atoms with E-state index in [1.165, 1.54) is 11.8 Å². The van der Waals surface area contributed by atoms with Crippen LogP contribution in [0.4, 0.5) is 10.2 Å². The Morgan fingerprint density at radius 2 is 2.00 bits per heavy atom. The highest BCUT2D eigenvalue weighted by Crippen LogP contribution is 2.46. The van der Waals surface area contributed by atoms with Crippen molar-refractivity contribution < 1.29 is 18.6 Å². The Hall–Kier alpha value is -2.73. The zero-order valence-corrected chi connectivity index (χ0v) is 24.9. The van der Waals surface area contributed by atoms with Crippen LogP contribution in [0, 0.1) is 5.82 Å². The number of anilines is 1. The second-order valence-corrected chi connectivity index (χ2v) is 12.2. The van der Waals surface area contributed by atoms with Crippen molar-refractivity contribution >= 4 is 51.0 Å². The minimum atomic E-state index is -0.525. The molecule has 12 heteroatoms. The third-order valence-corrected chi connectivity index (χ3v) is 9.01. The fourth-order valence-electron chi connectivity index (χ4n) is 6.23. The van der Waals surface area contributed by atoms with Crippen molar-refractivity contribution in [3.63, 3.8) is 0 Å². The molecule has 2 saturated heterocycles. The molecule has 3 aromatic heterocycles. The maximum atomic E-state index is 16.9. The number of benzene rings is 1. The molecule has 216 valence electrons. The summed E-state index contributed by atoms with van der Waals surface area (Å²) in [6, 6.07) is 1.85. The Kier molecular flexibility index (Phi) is 7.17. The average Bonchev–Trinajstić information content (AvgIpc) is 3.16. The van der Waals surface area contributed by atoms with Gasteiger partial charge in [0, 0.05) is 35.7 Å². The number of rotatable bonds is 4. The molecule has 1 aromatic carbocycles. The first-order valence-corrected chi connectivity index (χ1v) is 15.8. The molecule has 0 aliphatic carbocycles. The molecule has 0 amide bonds. The first-order valence-electron chi connectivity index (χ1n) is 14.2. The Labute approximate surface area is 246 Å². The van der Waals surface area contributed by atoms with Gasteiger partial charge in [-0.3, -0.25) is 0 Å². The summed E-state index contributed by atoms with van der Waals surface area (Å²) in [6.45, 7) is 7.00. The maximum Gasteiger partial charge on any atom is 0.227 e. The fourth-order valence-corrected chi connectivity index (χ4v) is 7.01. The van der Waals surface area contributed by atoms with Crippen molar-refractivity contribution in [1.29, 1.82) is 0 Å². The molecule has 3 aliphatic heterocycles. The van der Waals surface area contributed by atoms with E-state index in [-0.39, 0.29) is 29.4 Å². The molecule has 2 fully saturated rings. The van der Waals surface area contributed by atoms with E-state index in [0.717, 1.165) is 48.7 Å². The van der Waals surface area contributed by atoms with E-state index in [9.17, 15) is 0 Å². The molecule has 6 heterocycles. The highest BCUT2D eigenvalue weighted by atomic mass is 35.5. The van der Waals surface area contributed by atoms with E-state index in [2.05, 4.69) is 9.88 Å². The predicted molar refractivity (Wildman–Crippen MR) is 158 cm³/mol. The van der Waals surface area contributed by atoms with Crippen LogP contribution in [0.1, 0.15) is 57.2 Å². The van der Waals surface area contributed by atoms with Crippen LogP contribution in [0.5, 0.6) is 5.88 Å². The molecule has 9 nitrogen and oxygen atoms in total. The minimum Gasteiger partial charge on any atom is -0.475 e. The molecule has 0 N–H and O–H groups in total. The summed E-state index contributed by atoms with van der Waals surface area (Å²) >= 11 is 8.34. The summed E-state index contributed by atoms with van der Waals surface area (Å²) in [5, 5.41) is 6.99. The van der Waals surface area contributed by atoms with E-state index < -0.39 is 5.82 Å². The largest absolute Gasteiger partial charge is 0.475 e. The van der Waals surface area contributed by atoms with Crippen LogP contribution >= 0.6 is 23.4 Å². The Balaban J connectivity index is 1.51. The lowest BCUT2D eigenvalue weighted by atomic mass is 9.91. The van der Waals surface area contributed by atoms with Crippen molar-refractivity contribution in [3.05, 3.63) is 28.7 Å². The molecule has 1 unspecified atom stereocenters. The highest BCUT2D eigenvalue weighted by molar-refractivity contribution is 7.98. The van der Waals surface area contributed by atoms with Crippen LogP contribution in [0.15, 0.2) is 17.4 Å². The number of ether oxygens (including phenoxy) is 3.